The molecule has 1 atom stereocenters. The lowest BCUT2D eigenvalue weighted by Gasteiger charge is -2.34. The Kier molecular flexibility index (Phi) is 5.98. The molecular formula is C19H12Cl4O5S. The minimum Gasteiger partial charge on any atom is -0.508 e. The molecule has 0 aromatic heterocycles. The Balaban J connectivity index is 2.64. The van der Waals surface area contributed by atoms with E-state index in [2.05, 4.69) is 0 Å². The number of aromatic hydroxyl groups is 2. The van der Waals surface area contributed by atoms with Crippen LogP contribution in [0, 0.1) is 0 Å². The topological polar surface area (TPSA) is 94.8 Å². The van der Waals surface area contributed by atoms with Gasteiger partial charge in [-0.15, -0.1) is 0 Å². The second-order valence-corrected chi connectivity index (χ2v) is 9.18. The van der Waals surface area contributed by atoms with Gasteiger partial charge < -0.3 is 10.2 Å². The van der Waals surface area contributed by atoms with E-state index in [1.807, 2.05) is 0 Å². The van der Waals surface area contributed by atoms with Gasteiger partial charge in [0.15, 0.2) is 4.75 Å². The van der Waals surface area contributed by atoms with Crippen LogP contribution in [0.2, 0.25) is 20.1 Å². The molecule has 0 saturated carbocycles. The SMILES string of the molecule is O=S(=O)(O)C(c1ccccc1)(c1cc(O)cc(O)c1Cl)c1ccc(Cl)c(Cl)c1Cl. The Morgan fingerprint density at radius 2 is 1.38 bits per heavy atom. The first-order valence-corrected chi connectivity index (χ1v) is 10.9. The molecule has 3 aromatic rings. The van der Waals surface area contributed by atoms with Gasteiger partial charge in [0.25, 0.3) is 10.1 Å². The van der Waals surface area contributed by atoms with Crippen LogP contribution in [0.15, 0.2) is 54.6 Å². The van der Waals surface area contributed by atoms with Gasteiger partial charge in [0.05, 0.1) is 20.1 Å². The van der Waals surface area contributed by atoms with Crippen molar-refractivity contribution in [1.82, 2.24) is 0 Å². The lowest BCUT2D eigenvalue weighted by molar-refractivity contribution is 0.444. The number of phenolic OH excluding ortho intramolecular Hbond substituents is 2. The van der Waals surface area contributed by atoms with Gasteiger partial charge in [-0.05, 0) is 17.7 Å². The summed E-state index contributed by atoms with van der Waals surface area (Å²) in [6.07, 6.45) is 0. The molecule has 0 radical (unpaired) electrons. The standard InChI is InChI=1S/C19H12Cl4O5S/c20-14-7-6-12(17(22)18(14)23)19(29(26,27)28,10-4-2-1-3-5-10)13-8-11(24)9-15(25)16(13)21/h1-9,24-25H,(H,26,27,28). The normalized spacial score (nSPS) is 13.8. The Bertz CT molecular complexity index is 1200. The summed E-state index contributed by atoms with van der Waals surface area (Å²) in [5.41, 5.74) is -0.463. The first-order valence-electron chi connectivity index (χ1n) is 7.90. The molecule has 152 valence electrons. The fraction of sp³-hybridized carbons (Fsp3) is 0.0526. The number of phenols is 2. The van der Waals surface area contributed by atoms with Gasteiger partial charge in [-0.1, -0.05) is 82.8 Å². The van der Waals surface area contributed by atoms with E-state index in [9.17, 15) is 23.2 Å². The van der Waals surface area contributed by atoms with Crippen molar-refractivity contribution in [2.24, 2.45) is 0 Å². The molecular weight excluding hydrogens is 482 g/mol. The van der Waals surface area contributed by atoms with Crippen LogP contribution in [0.3, 0.4) is 0 Å². The van der Waals surface area contributed by atoms with Gasteiger partial charge in [-0.25, -0.2) is 0 Å². The lowest BCUT2D eigenvalue weighted by atomic mass is 9.83. The van der Waals surface area contributed by atoms with E-state index in [1.165, 1.54) is 36.4 Å². The van der Waals surface area contributed by atoms with Crippen LogP contribution >= 0.6 is 46.4 Å². The summed E-state index contributed by atoms with van der Waals surface area (Å²) in [4.78, 5) is 0. The third-order valence-corrected chi connectivity index (χ3v) is 7.54. The number of halogens is 4. The summed E-state index contributed by atoms with van der Waals surface area (Å²) in [5.74, 6) is -1.08. The van der Waals surface area contributed by atoms with Crippen molar-refractivity contribution in [1.29, 1.82) is 0 Å². The minimum absolute atomic E-state index is 0.0367. The Morgan fingerprint density at radius 3 is 1.97 bits per heavy atom. The molecule has 0 bridgehead atoms. The third-order valence-electron chi connectivity index (χ3n) is 4.40. The molecule has 3 N–H and O–H groups in total. The molecule has 5 nitrogen and oxygen atoms in total. The summed E-state index contributed by atoms with van der Waals surface area (Å²) in [6, 6.07) is 12.1. The maximum absolute atomic E-state index is 13.0. The second-order valence-electron chi connectivity index (χ2n) is 6.07. The van der Waals surface area contributed by atoms with Crippen molar-refractivity contribution in [3.05, 3.63) is 91.4 Å². The zero-order valence-electron chi connectivity index (χ0n) is 14.3. The van der Waals surface area contributed by atoms with Crippen LogP contribution < -0.4 is 0 Å². The molecule has 0 amide bonds. The number of benzene rings is 3. The number of hydrogen-bond donors (Lipinski definition) is 3. The molecule has 0 aliphatic carbocycles. The van der Waals surface area contributed by atoms with Crippen LogP contribution in [-0.2, 0) is 14.9 Å². The highest BCUT2D eigenvalue weighted by Crippen LogP contribution is 2.52. The maximum Gasteiger partial charge on any atom is 0.283 e. The number of rotatable bonds is 4. The zero-order chi connectivity index (χ0) is 21.6. The van der Waals surface area contributed by atoms with Crippen LogP contribution in [0.1, 0.15) is 16.7 Å². The summed E-state index contributed by atoms with van der Waals surface area (Å²) in [5, 5.41) is 19.4. The Morgan fingerprint density at radius 1 is 0.759 bits per heavy atom. The minimum atomic E-state index is -5.09. The van der Waals surface area contributed by atoms with E-state index in [-0.39, 0.29) is 31.8 Å². The molecule has 29 heavy (non-hydrogen) atoms. The predicted molar refractivity (Wildman–Crippen MR) is 114 cm³/mol. The fourth-order valence-corrected chi connectivity index (χ4v) is 5.57. The quantitative estimate of drug-likeness (QED) is 0.239. The monoisotopic (exact) mass is 492 g/mol. The van der Waals surface area contributed by atoms with Crippen LogP contribution in [0.4, 0.5) is 0 Å². The van der Waals surface area contributed by atoms with Crippen molar-refractivity contribution >= 4 is 56.5 Å². The van der Waals surface area contributed by atoms with Crippen molar-refractivity contribution in [2.75, 3.05) is 0 Å². The lowest BCUT2D eigenvalue weighted by Crippen LogP contribution is -2.39. The molecule has 0 heterocycles. The van der Waals surface area contributed by atoms with Crippen molar-refractivity contribution in [3.63, 3.8) is 0 Å². The zero-order valence-corrected chi connectivity index (χ0v) is 18.1. The third kappa shape index (κ3) is 3.54. The molecule has 3 aromatic carbocycles. The van der Waals surface area contributed by atoms with E-state index >= 15 is 0 Å². The van der Waals surface area contributed by atoms with Crippen LogP contribution in [0.5, 0.6) is 11.5 Å². The van der Waals surface area contributed by atoms with E-state index in [4.69, 9.17) is 46.4 Å². The molecule has 0 saturated heterocycles. The maximum atomic E-state index is 13.0. The number of hydrogen-bond acceptors (Lipinski definition) is 4. The second kappa shape index (κ2) is 7.87. The smallest absolute Gasteiger partial charge is 0.283 e. The fourth-order valence-electron chi connectivity index (χ4n) is 3.20. The Labute approximate surface area is 186 Å². The van der Waals surface area contributed by atoms with E-state index in [0.717, 1.165) is 12.1 Å². The van der Waals surface area contributed by atoms with Crippen LogP contribution in [0.25, 0.3) is 0 Å². The Hall–Kier alpha value is -1.67. The first kappa shape index (κ1) is 22.0. The van der Waals surface area contributed by atoms with E-state index in [1.54, 1.807) is 6.07 Å². The van der Waals surface area contributed by atoms with Crippen LogP contribution in [-0.4, -0.2) is 23.2 Å². The highest BCUT2D eigenvalue weighted by atomic mass is 35.5. The predicted octanol–water partition coefficient (Wildman–Crippen LogP) is 5.89. The average Bonchev–Trinajstić information content (AvgIpc) is 2.65. The van der Waals surface area contributed by atoms with Crippen molar-refractivity contribution in [3.8, 4) is 11.5 Å². The molecule has 0 aliphatic heterocycles. The van der Waals surface area contributed by atoms with E-state index in [0.29, 0.717) is 0 Å². The summed E-state index contributed by atoms with van der Waals surface area (Å²) >= 11 is 24.7. The molecule has 10 heteroatoms. The van der Waals surface area contributed by atoms with Gasteiger partial charge in [-0.3, -0.25) is 4.55 Å². The molecule has 0 fully saturated rings. The summed E-state index contributed by atoms with van der Waals surface area (Å²) in [6.45, 7) is 0. The molecule has 0 spiro atoms. The van der Waals surface area contributed by atoms with Gasteiger partial charge in [0, 0.05) is 17.2 Å². The summed E-state index contributed by atoms with van der Waals surface area (Å²) in [7, 11) is -5.09. The molecule has 0 aliphatic rings. The highest BCUT2D eigenvalue weighted by molar-refractivity contribution is 7.87. The van der Waals surface area contributed by atoms with Gasteiger partial charge in [-0.2, -0.15) is 8.42 Å². The van der Waals surface area contributed by atoms with Gasteiger partial charge >= 0.3 is 0 Å². The summed E-state index contributed by atoms with van der Waals surface area (Å²) < 4.78 is 34.0. The van der Waals surface area contributed by atoms with Gasteiger partial charge in [0.2, 0.25) is 0 Å². The average molecular weight is 494 g/mol. The van der Waals surface area contributed by atoms with Crippen molar-refractivity contribution in [2.45, 2.75) is 4.75 Å². The first-order chi connectivity index (χ1) is 13.5. The largest absolute Gasteiger partial charge is 0.508 e. The molecule has 1 unspecified atom stereocenters. The van der Waals surface area contributed by atoms with Gasteiger partial charge in [0.1, 0.15) is 11.5 Å². The molecule has 3 rings (SSSR count). The van der Waals surface area contributed by atoms with E-state index < -0.39 is 31.4 Å². The highest BCUT2D eigenvalue weighted by Gasteiger charge is 2.51. The van der Waals surface area contributed by atoms with Crippen molar-refractivity contribution < 1.29 is 23.2 Å².